The minimum atomic E-state index is -4.02. The minimum absolute atomic E-state index is 0.00365. The second-order valence-corrected chi connectivity index (χ2v) is 8.95. The molecule has 0 heterocycles. The van der Waals surface area contributed by atoms with E-state index < -0.39 is 14.7 Å². The van der Waals surface area contributed by atoms with Gasteiger partial charge in [-0.2, -0.15) is 5.26 Å². The highest BCUT2D eigenvalue weighted by Crippen LogP contribution is 2.31. The van der Waals surface area contributed by atoms with Crippen LogP contribution < -0.4 is 9.47 Å². The summed E-state index contributed by atoms with van der Waals surface area (Å²) in [5.41, 5.74) is 0.820. The van der Waals surface area contributed by atoms with Crippen molar-refractivity contribution in [2.24, 2.45) is 0 Å². The molecule has 0 aliphatic heterocycles. The summed E-state index contributed by atoms with van der Waals surface area (Å²) < 4.78 is 50.8. The van der Waals surface area contributed by atoms with Crippen LogP contribution in [0.25, 0.3) is 6.08 Å². The number of nitrogens with zero attached hydrogens (tertiary/aromatic N) is 1. The van der Waals surface area contributed by atoms with E-state index in [-0.39, 0.29) is 17.3 Å². The van der Waals surface area contributed by atoms with Crippen LogP contribution in [-0.2, 0) is 16.4 Å². The van der Waals surface area contributed by atoms with Crippen LogP contribution in [0.15, 0.2) is 76.5 Å². The van der Waals surface area contributed by atoms with Gasteiger partial charge in [-0.1, -0.05) is 35.9 Å². The number of hydrogen-bond acceptors (Lipinski definition) is 5. The molecular weight excluding hydrogens is 453 g/mol. The Labute approximate surface area is 191 Å². The lowest BCUT2D eigenvalue weighted by atomic mass is 10.2. The van der Waals surface area contributed by atoms with Crippen LogP contribution in [0.1, 0.15) is 18.1 Å². The fourth-order valence-corrected chi connectivity index (χ4v) is 4.12. The maximum Gasteiger partial charge on any atom is 0.216 e. The van der Waals surface area contributed by atoms with E-state index in [0.29, 0.717) is 34.3 Å². The predicted molar refractivity (Wildman–Crippen MR) is 121 cm³/mol. The molecule has 3 rings (SSSR count). The Bertz CT molecular complexity index is 1280. The molecule has 0 saturated carbocycles. The Morgan fingerprint density at radius 3 is 2.44 bits per heavy atom. The second-order valence-electron chi connectivity index (χ2n) is 6.60. The Morgan fingerprint density at radius 1 is 1.06 bits per heavy atom. The highest BCUT2D eigenvalue weighted by Gasteiger charge is 2.21. The van der Waals surface area contributed by atoms with Gasteiger partial charge in [0.05, 0.1) is 11.5 Å². The first-order valence-electron chi connectivity index (χ1n) is 9.60. The third kappa shape index (κ3) is 5.47. The van der Waals surface area contributed by atoms with E-state index in [0.717, 1.165) is 0 Å². The Hall–Kier alpha value is -3.34. The quantitative estimate of drug-likeness (QED) is 0.388. The monoisotopic (exact) mass is 471 g/mol. The molecule has 0 bridgehead atoms. The zero-order chi connectivity index (χ0) is 23.1. The smallest absolute Gasteiger partial charge is 0.216 e. The Morgan fingerprint density at radius 2 is 1.78 bits per heavy atom. The van der Waals surface area contributed by atoms with Crippen LogP contribution in [0.5, 0.6) is 11.5 Å². The fourth-order valence-electron chi connectivity index (χ4n) is 2.83. The van der Waals surface area contributed by atoms with Crippen LogP contribution >= 0.6 is 11.6 Å². The first-order chi connectivity index (χ1) is 15.3. The maximum atomic E-state index is 13.8. The molecule has 8 heteroatoms. The highest BCUT2D eigenvalue weighted by molar-refractivity contribution is 7.95. The van der Waals surface area contributed by atoms with Gasteiger partial charge in [0.25, 0.3) is 0 Å². The molecule has 0 aliphatic rings. The van der Waals surface area contributed by atoms with Crippen molar-refractivity contribution in [1.29, 1.82) is 5.26 Å². The predicted octanol–water partition coefficient (Wildman–Crippen LogP) is 5.80. The van der Waals surface area contributed by atoms with Crippen LogP contribution in [0.3, 0.4) is 0 Å². The van der Waals surface area contributed by atoms with Gasteiger partial charge in [0, 0.05) is 10.6 Å². The van der Waals surface area contributed by atoms with E-state index in [1.54, 1.807) is 49.4 Å². The average Bonchev–Trinajstić information content (AvgIpc) is 2.78. The number of benzene rings is 3. The molecule has 0 atom stereocenters. The molecule has 0 unspecified atom stereocenters. The molecule has 0 N–H and O–H groups in total. The molecule has 0 aliphatic carbocycles. The molecule has 0 saturated heterocycles. The second kappa shape index (κ2) is 10.3. The van der Waals surface area contributed by atoms with E-state index in [9.17, 15) is 18.1 Å². The van der Waals surface area contributed by atoms with Gasteiger partial charge in [-0.3, -0.25) is 0 Å². The number of sulfone groups is 1. The topological polar surface area (TPSA) is 76.4 Å². The standard InChI is InChI=1S/C24H19ClFNO4S/c1-2-30-24-14-17(7-12-23(24)31-16-18-5-3-4-6-22(18)26)13-21(15-27)32(28,29)20-10-8-19(25)9-11-20/h3-14H,2,16H2,1H3. The van der Waals surface area contributed by atoms with E-state index >= 15 is 0 Å². The van der Waals surface area contributed by atoms with Crippen LogP contribution in [-0.4, -0.2) is 15.0 Å². The van der Waals surface area contributed by atoms with Gasteiger partial charge in [0.15, 0.2) is 11.5 Å². The Kier molecular flexibility index (Phi) is 7.52. The van der Waals surface area contributed by atoms with Gasteiger partial charge in [0.1, 0.15) is 23.4 Å². The zero-order valence-corrected chi connectivity index (χ0v) is 18.7. The number of rotatable bonds is 8. The summed E-state index contributed by atoms with van der Waals surface area (Å²) in [6.45, 7) is 2.11. The van der Waals surface area contributed by atoms with Crippen LogP contribution in [0.4, 0.5) is 4.39 Å². The number of nitriles is 1. The van der Waals surface area contributed by atoms with E-state index in [1.807, 2.05) is 0 Å². The molecule has 32 heavy (non-hydrogen) atoms. The number of halogens is 2. The molecule has 3 aromatic rings. The summed E-state index contributed by atoms with van der Waals surface area (Å²) in [5, 5.41) is 9.88. The largest absolute Gasteiger partial charge is 0.490 e. The summed E-state index contributed by atoms with van der Waals surface area (Å²) >= 11 is 5.82. The summed E-state index contributed by atoms with van der Waals surface area (Å²) in [6, 6.07) is 18.3. The van der Waals surface area contributed by atoms with Crippen molar-refractivity contribution in [3.05, 3.63) is 93.6 Å². The average molecular weight is 472 g/mol. The number of ether oxygens (including phenoxy) is 2. The van der Waals surface area contributed by atoms with Crippen molar-refractivity contribution in [3.63, 3.8) is 0 Å². The van der Waals surface area contributed by atoms with Crippen molar-refractivity contribution in [3.8, 4) is 17.6 Å². The lowest BCUT2D eigenvalue weighted by Crippen LogP contribution is -2.04. The summed E-state index contributed by atoms with van der Waals surface area (Å²) in [6.07, 6.45) is 1.26. The first-order valence-corrected chi connectivity index (χ1v) is 11.5. The van der Waals surface area contributed by atoms with Gasteiger partial charge in [-0.15, -0.1) is 0 Å². The van der Waals surface area contributed by atoms with Gasteiger partial charge in [-0.25, -0.2) is 12.8 Å². The number of hydrogen-bond donors (Lipinski definition) is 0. The normalized spacial score (nSPS) is 11.6. The van der Waals surface area contributed by atoms with Gasteiger partial charge >= 0.3 is 0 Å². The highest BCUT2D eigenvalue weighted by atomic mass is 35.5. The minimum Gasteiger partial charge on any atom is -0.490 e. The third-order valence-electron chi connectivity index (χ3n) is 4.43. The first kappa shape index (κ1) is 23.3. The fraction of sp³-hybridized carbons (Fsp3) is 0.125. The Balaban J connectivity index is 1.91. The molecule has 0 spiro atoms. The van der Waals surface area contributed by atoms with Crippen molar-refractivity contribution in [2.75, 3.05) is 6.61 Å². The van der Waals surface area contributed by atoms with E-state index in [2.05, 4.69) is 0 Å². The zero-order valence-electron chi connectivity index (χ0n) is 17.1. The van der Waals surface area contributed by atoms with Crippen LogP contribution in [0.2, 0.25) is 5.02 Å². The van der Waals surface area contributed by atoms with Crippen molar-refractivity contribution >= 4 is 27.5 Å². The van der Waals surface area contributed by atoms with Gasteiger partial charge in [0.2, 0.25) is 9.84 Å². The molecule has 0 fully saturated rings. The molecule has 0 amide bonds. The molecule has 164 valence electrons. The SMILES string of the molecule is CCOc1cc(C=C(C#N)S(=O)(=O)c2ccc(Cl)cc2)ccc1OCc1ccccc1F. The molecule has 0 aromatic heterocycles. The summed E-state index contributed by atoms with van der Waals surface area (Å²) in [5.74, 6) is 0.334. The van der Waals surface area contributed by atoms with E-state index in [1.165, 1.54) is 36.4 Å². The van der Waals surface area contributed by atoms with Crippen molar-refractivity contribution in [1.82, 2.24) is 0 Å². The summed E-state index contributed by atoms with van der Waals surface area (Å²) in [4.78, 5) is -0.466. The third-order valence-corrected chi connectivity index (χ3v) is 6.36. The lowest BCUT2D eigenvalue weighted by Gasteiger charge is -2.13. The van der Waals surface area contributed by atoms with Gasteiger partial charge in [-0.05, 0) is 61.0 Å². The maximum absolute atomic E-state index is 13.8. The van der Waals surface area contributed by atoms with Crippen LogP contribution in [0, 0.1) is 17.1 Å². The van der Waals surface area contributed by atoms with Gasteiger partial charge < -0.3 is 9.47 Å². The molecule has 3 aromatic carbocycles. The molecular formula is C24H19ClFNO4S. The molecule has 0 radical (unpaired) electrons. The summed E-state index contributed by atoms with van der Waals surface area (Å²) in [7, 11) is -4.02. The molecule has 5 nitrogen and oxygen atoms in total. The van der Waals surface area contributed by atoms with Crippen molar-refractivity contribution < 1.29 is 22.3 Å². The lowest BCUT2D eigenvalue weighted by molar-refractivity contribution is 0.266. The van der Waals surface area contributed by atoms with Crippen molar-refractivity contribution in [2.45, 2.75) is 18.4 Å². The van der Waals surface area contributed by atoms with E-state index in [4.69, 9.17) is 21.1 Å². The number of allylic oxidation sites excluding steroid dienone is 1.